The first-order valence-electron chi connectivity index (χ1n) is 10.1. The number of fused-ring (bicyclic) bond motifs is 2. The van der Waals surface area contributed by atoms with Crippen LogP contribution in [0.25, 0.3) is 0 Å². The van der Waals surface area contributed by atoms with Gasteiger partial charge in [-0.1, -0.05) is 67.6 Å². The molecule has 1 heteroatoms. The third-order valence-electron chi connectivity index (χ3n) is 6.35. The summed E-state index contributed by atoms with van der Waals surface area (Å²) >= 11 is 0. The molecule has 2 aliphatic rings. The van der Waals surface area contributed by atoms with Gasteiger partial charge in [0, 0.05) is 0 Å². The number of hydrogen-bond acceptors (Lipinski definition) is 1. The number of nitrogens with one attached hydrogen (secondary N) is 1. The second-order valence-corrected chi connectivity index (χ2v) is 8.54. The van der Waals surface area contributed by atoms with Crippen molar-refractivity contribution in [3.05, 3.63) is 71.8 Å². The maximum Gasteiger partial charge on any atom is 0.0576 e. The SMILES string of the molecule is CC1CC2CC(CNC(c3ccccc3)c3ccccc3)C[C@H](C1)C2. The Bertz CT molecular complexity index is 593. The molecule has 1 N–H and O–H groups in total. The fourth-order valence-corrected chi connectivity index (χ4v) is 5.49. The quantitative estimate of drug-likeness (QED) is 0.726. The van der Waals surface area contributed by atoms with Gasteiger partial charge in [0.15, 0.2) is 0 Å². The third-order valence-corrected chi connectivity index (χ3v) is 6.35. The lowest BCUT2D eigenvalue weighted by Gasteiger charge is -2.42. The minimum atomic E-state index is 0.308. The van der Waals surface area contributed by atoms with Crippen LogP contribution in [0.15, 0.2) is 60.7 Å². The number of benzene rings is 2. The molecule has 25 heavy (non-hydrogen) atoms. The molecule has 0 aromatic heterocycles. The molecular weight excluding hydrogens is 302 g/mol. The topological polar surface area (TPSA) is 12.0 Å². The van der Waals surface area contributed by atoms with E-state index >= 15 is 0 Å². The van der Waals surface area contributed by atoms with Crippen LogP contribution in [0.2, 0.25) is 0 Å². The average molecular weight is 334 g/mol. The van der Waals surface area contributed by atoms with Crippen LogP contribution >= 0.6 is 0 Å². The maximum atomic E-state index is 3.92. The lowest BCUT2D eigenvalue weighted by molar-refractivity contribution is 0.102. The molecule has 2 aromatic carbocycles. The number of hydrogen-bond donors (Lipinski definition) is 1. The molecule has 2 saturated carbocycles. The smallest absolute Gasteiger partial charge is 0.0576 e. The van der Waals surface area contributed by atoms with Crippen molar-refractivity contribution in [3.63, 3.8) is 0 Å². The van der Waals surface area contributed by atoms with E-state index in [0.717, 1.165) is 30.2 Å². The van der Waals surface area contributed by atoms with Crippen LogP contribution in [0.5, 0.6) is 0 Å². The molecule has 0 aliphatic heterocycles. The molecule has 0 spiro atoms. The van der Waals surface area contributed by atoms with Gasteiger partial charge in [0.2, 0.25) is 0 Å². The van der Waals surface area contributed by atoms with Crippen LogP contribution in [0.4, 0.5) is 0 Å². The highest BCUT2D eigenvalue weighted by Crippen LogP contribution is 2.44. The fraction of sp³-hybridized carbons (Fsp3) is 0.500. The zero-order valence-electron chi connectivity index (χ0n) is 15.4. The van der Waals surface area contributed by atoms with Gasteiger partial charge in [0.1, 0.15) is 0 Å². The van der Waals surface area contributed by atoms with Gasteiger partial charge < -0.3 is 5.32 Å². The van der Waals surface area contributed by atoms with Crippen LogP contribution in [0, 0.1) is 23.7 Å². The van der Waals surface area contributed by atoms with E-state index in [9.17, 15) is 0 Å². The minimum absolute atomic E-state index is 0.308. The molecule has 4 atom stereocenters. The summed E-state index contributed by atoms with van der Waals surface area (Å²) < 4.78 is 0. The van der Waals surface area contributed by atoms with E-state index in [2.05, 4.69) is 72.9 Å². The summed E-state index contributed by atoms with van der Waals surface area (Å²) in [6.07, 6.45) is 7.30. The van der Waals surface area contributed by atoms with Crippen LogP contribution in [0.3, 0.4) is 0 Å². The van der Waals surface area contributed by atoms with E-state index in [1.54, 1.807) is 0 Å². The summed E-state index contributed by atoms with van der Waals surface area (Å²) in [6.45, 7) is 3.61. The fourth-order valence-electron chi connectivity index (χ4n) is 5.49. The first-order valence-corrected chi connectivity index (χ1v) is 10.1. The predicted molar refractivity (Wildman–Crippen MR) is 105 cm³/mol. The van der Waals surface area contributed by atoms with Crippen LogP contribution < -0.4 is 5.32 Å². The van der Waals surface area contributed by atoms with Gasteiger partial charge in [-0.25, -0.2) is 0 Å². The van der Waals surface area contributed by atoms with E-state index in [0.29, 0.717) is 6.04 Å². The van der Waals surface area contributed by atoms with Crippen molar-refractivity contribution >= 4 is 0 Å². The Morgan fingerprint density at radius 3 is 1.80 bits per heavy atom. The lowest BCUT2D eigenvalue weighted by atomic mass is 9.65. The highest BCUT2D eigenvalue weighted by Gasteiger charge is 2.34. The Morgan fingerprint density at radius 1 is 0.760 bits per heavy atom. The van der Waals surface area contributed by atoms with Crippen LogP contribution in [-0.2, 0) is 0 Å². The Morgan fingerprint density at radius 2 is 1.28 bits per heavy atom. The standard InChI is InChI=1S/C24H31N/c1-18-12-19-14-20(13-18)16-21(15-19)17-25-24(22-8-4-2-5-9-22)23-10-6-3-7-11-23/h2-11,18-21,24-25H,12-17H2,1H3/t18?,19-,20?,21?/m1/s1. The summed E-state index contributed by atoms with van der Waals surface area (Å²) in [5.74, 6) is 3.78. The van der Waals surface area contributed by atoms with Gasteiger partial charge in [-0.3, -0.25) is 0 Å². The van der Waals surface area contributed by atoms with E-state index in [1.165, 1.54) is 43.2 Å². The monoisotopic (exact) mass is 333 g/mol. The Hall–Kier alpha value is -1.60. The van der Waals surface area contributed by atoms with Gasteiger partial charge in [-0.2, -0.15) is 0 Å². The summed E-state index contributed by atoms with van der Waals surface area (Å²) in [6, 6.07) is 22.1. The molecular formula is C24H31N. The van der Waals surface area contributed by atoms with E-state index in [-0.39, 0.29) is 0 Å². The normalized spacial score (nSPS) is 28.9. The second kappa shape index (κ2) is 7.74. The van der Waals surface area contributed by atoms with Crippen molar-refractivity contribution in [1.29, 1.82) is 0 Å². The summed E-state index contributed by atoms with van der Waals surface area (Å²) in [4.78, 5) is 0. The first kappa shape index (κ1) is 16.8. The minimum Gasteiger partial charge on any atom is -0.306 e. The zero-order chi connectivity index (χ0) is 17.1. The lowest BCUT2D eigenvalue weighted by Crippen LogP contribution is -2.36. The Labute approximate surface area is 152 Å². The predicted octanol–water partition coefficient (Wildman–Crippen LogP) is 5.83. The summed E-state index contributed by atoms with van der Waals surface area (Å²) in [5.41, 5.74) is 2.75. The third kappa shape index (κ3) is 4.15. The van der Waals surface area contributed by atoms with Crippen molar-refractivity contribution in [2.45, 2.75) is 45.1 Å². The summed E-state index contributed by atoms with van der Waals surface area (Å²) in [5, 5.41) is 3.92. The molecule has 1 nitrogen and oxygen atoms in total. The van der Waals surface area contributed by atoms with Gasteiger partial charge >= 0.3 is 0 Å². The van der Waals surface area contributed by atoms with Crippen LogP contribution in [0.1, 0.15) is 56.2 Å². The Kier molecular flexibility index (Phi) is 5.22. The van der Waals surface area contributed by atoms with E-state index in [1.807, 2.05) is 0 Å². The van der Waals surface area contributed by atoms with Crippen LogP contribution in [-0.4, -0.2) is 6.54 Å². The molecule has 2 aliphatic carbocycles. The second-order valence-electron chi connectivity index (χ2n) is 8.54. The summed E-state index contributed by atoms with van der Waals surface area (Å²) in [7, 11) is 0. The van der Waals surface area contributed by atoms with Gasteiger partial charge in [0.05, 0.1) is 6.04 Å². The molecule has 2 fully saturated rings. The Balaban J connectivity index is 1.45. The zero-order valence-corrected chi connectivity index (χ0v) is 15.4. The highest BCUT2D eigenvalue weighted by molar-refractivity contribution is 5.31. The van der Waals surface area contributed by atoms with Gasteiger partial charge in [0.25, 0.3) is 0 Å². The van der Waals surface area contributed by atoms with Crippen molar-refractivity contribution in [2.75, 3.05) is 6.54 Å². The molecule has 132 valence electrons. The molecule has 0 saturated heterocycles. The molecule has 2 aromatic rings. The average Bonchev–Trinajstić information content (AvgIpc) is 2.63. The largest absolute Gasteiger partial charge is 0.306 e. The van der Waals surface area contributed by atoms with Crippen molar-refractivity contribution in [2.24, 2.45) is 23.7 Å². The molecule has 2 bridgehead atoms. The molecule has 4 rings (SSSR count). The van der Waals surface area contributed by atoms with E-state index < -0.39 is 0 Å². The molecule has 3 unspecified atom stereocenters. The van der Waals surface area contributed by atoms with Gasteiger partial charge in [-0.05, 0) is 73.4 Å². The molecule has 0 radical (unpaired) electrons. The molecule has 0 heterocycles. The highest BCUT2D eigenvalue weighted by atomic mass is 14.9. The van der Waals surface area contributed by atoms with Gasteiger partial charge in [-0.15, -0.1) is 0 Å². The maximum absolute atomic E-state index is 3.92. The van der Waals surface area contributed by atoms with Crippen molar-refractivity contribution in [3.8, 4) is 0 Å². The van der Waals surface area contributed by atoms with E-state index in [4.69, 9.17) is 0 Å². The first-order chi connectivity index (χ1) is 12.3. The van der Waals surface area contributed by atoms with Crippen molar-refractivity contribution in [1.82, 2.24) is 5.32 Å². The molecule has 0 amide bonds. The number of rotatable bonds is 5. The van der Waals surface area contributed by atoms with Crippen molar-refractivity contribution < 1.29 is 0 Å².